The second kappa shape index (κ2) is 15.6. The molecule has 1 aromatic rings. The molecule has 4 aliphatic rings. The van der Waals surface area contributed by atoms with E-state index >= 15 is 0 Å². The lowest BCUT2D eigenvalue weighted by Crippen LogP contribution is -2.65. The highest BCUT2D eigenvalue weighted by Crippen LogP contribution is 2.65. The van der Waals surface area contributed by atoms with E-state index in [4.69, 9.17) is 9.31 Å². The maximum absolute atomic E-state index is 13.9. The number of carbonyl (C=O) groups excluding carboxylic acids is 3. The van der Waals surface area contributed by atoms with Crippen LogP contribution in [0.5, 0.6) is 0 Å². The number of Topliss-reactive ketones (excluding diaryl/α,β-unsaturated/α-hetero) is 1. The summed E-state index contributed by atoms with van der Waals surface area (Å²) in [7, 11) is -0.535. The van der Waals surface area contributed by atoms with Crippen molar-refractivity contribution in [3.63, 3.8) is 0 Å². The molecular formula is C37H59BN2O5. The Balaban J connectivity index is 1.40. The summed E-state index contributed by atoms with van der Waals surface area (Å²) in [6.45, 7) is 15.4. The quantitative estimate of drug-likeness (QED) is 0.133. The van der Waals surface area contributed by atoms with Crippen molar-refractivity contribution in [2.24, 2.45) is 29.1 Å². The number of rotatable bonds is 18. The second-order valence-corrected chi connectivity index (χ2v) is 15.5. The normalized spacial score (nSPS) is 26.1. The molecule has 0 radical (unpaired) electrons. The summed E-state index contributed by atoms with van der Waals surface area (Å²) < 4.78 is 13.3. The third-order valence-electron chi connectivity index (χ3n) is 11.1. The molecule has 1 heterocycles. The molecule has 2 amide bonds. The van der Waals surface area contributed by atoms with Gasteiger partial charge >= 0.3 is 7.12 Å². The summed E-state index contributed by atoms with van der Waals surface area (Å²) in [5, 5.41) is 6.18. The van der Waals surface area contributed by atoms with E-state index < -0.39 is 13.0 Å². The zero-order valence-corrected chi connectivity index (χ0v) is 29.1. The highest BCUT2D eigenvalue weighted by Gasteiger charge is 2.68. The van der Waals surface area contributed by atoms with Crippen molar-refractivity contribution in [2.45, 2.75) is 143 Å². The van der Waals surface area contributed by atoms with Crippen LogP contribution < -0.4 is 10.6 Å². The van der Waals surface area contributed by atoms with Gasteiger partial charge in [0.05, 0.1) is 23.6 Å². The van der Waals surface area contributed by atoms with Gasteiger partial charge in [-0.05, 0) is 74.8 Å². The van der Waals surface area contributed by atoms with Crippen LogP contribution in [0.4, 0.5) is 0 Å². The smallest absolute Gasteiger partial charge is 0.404 e. The zero-order chi connectivity index (χ0) is 32.8. The third kappa shape index (κ3) is 8.79. The molecule has 0 aromatic heterocycles. The van der Waals surface area contributed by atoms with Crippen LogP contribution in [0.25, 0.3) is 0 Å². The lowest BCUT2D eigenvalue weighted by atomic mass is 9.43. The largest absolute Gasteiger partial charge is 0.481 e. The minimum absolute atomic E-state index is 0.0268. The Bertz CT molecular complexity index is 1150. The maximum atomic E-state index is 13.9. The van der Waals surface area contributed by atoms with Crippen LogP contribution in [0.3, 0.4) is 0 Å². The van der Waals surface area contributed by atoms with E-state index in [1.54, 1.807) is 12.1 Å². The standard InChI is InChI=1S/C37H59BN2O5/c1-8-9-10-11-12-13-14-15-30(41)21-28(24-39-34(42)27-18-16-26(4)17-19-27)35(43)40-33(20-25(2)3)38-44-32-23-29-22-31(36(29,5)6)37(32,7)45-38/h16-19,25,28-29,31-33H,8-15,20-24H2,1-7H3,(H,39,42)(H,40,43)/t28-,29+,31+,32+,33-,37-/m0/s1. The van der Waals surface area contributed by atoms with E-state index in [0.29, 0.717) is 36.2 Å². The lowest BCUT2D eigenvalue weighted by Gasteiger charge is -2.64. The number of carbonyl (C=O) groups is 3. The van der Waals surface area contributed by atoms with Crippen LogP contribution >= 0.6 is 0 Å². The molecule has 6 atom stereocenters. The number of aryl methyl sites for hydroxylation is 1. The number of hydrogen-bond donors (Lipinski definition) is 2. The van der Waals surface area contributed by atoms with Crippen LogP contribution in [0.15, 0.2) is 24.3 Å². The summed E-state index contributed by atoms with van der Waals surface area (Å²) in [6.07, 6.45) is 11.4. The van der Waals surface area contributed by atoms with E-state index in [9.17, 15) is 14.4 Å². The average Bonchev–Trinajstić information content (AvgIpc) is 3.35. The van der Waals surface area contributed by atoms with Crippen molar-refractivity contribution in [2.75, 3.05) is 6.54 Å². The van der Waals surface area contributed by atoms with Crippen molar-refractivity contribution in [3.8, 4) is 0 Å². The molecule has 1 saturated heterocycles. The van der Waals surface area contributed by atoms with Gasteiger partial charge in [0, 0.05) is 24.9 Å². The number of nitrogens with one attached hydrogen (secondary N) is 2. The fourth-order valence-electron chi connectivity index (χ4n) is 8.05. The van der Waals surface area contributed by atoms with Gasteiger partial charge in [-0.1, -0.05) is 90.8 Å². The second-order valence-electron chi connectivity index (χ2n) is 15.5. The van der Waals surface area contributed by atoms with Gasteiger partial charge in [-0.2, -0.15) is 0 Å². The Morgan fingerprint density at radius 3 is 2.29 bits per heavy atom. The Hall–Kier alpha value is -2.19. The van der Waals surface area contributed by atoms with Crippen LogP contribution in [0.1, 0.15) is 135 Å². The van der Waals surface area contributed by atoms with Gasteiger partial charge in [-0.3, -0.25) is 14.4 Å². The number of amides is 2. The van der Waals surface area contributed by atoms with Crippen molar-refractivity contribution < 1.29 is 23.7 Å². The molecular weight excluding hydrogens is 563 g/mol. The van der Waals surface area contributed by atoms with E-state index in [0.717, 1.165) is 31.2 Å². The molecule has 250 valence electrons. The SMILES string of the molecule is CCCCCCCCCC(=O)C[C@@H](CNC(=O)c1ccc(C)cc1)C(=O)N[C@@H](CC(C)C)B1O[C@@H]2C[C@H]3C[C@H](C3(C)C)[C@]2(C)O1. The van der Waals surface area contributed by atoms with Gasteiger partial charge in [-0.25, -0.2) is 0 Å². The maximum Gasteiger partial charge on any atom is 0.481 e. The molecule has 3 aliphatic carbocycles. The first-order valence-corrected chi connectivity index (χ1v) is 17.8. The fraction of sp³-hybridized carbons (Fsp3) is 0.757. The Morgan fingerprint density at radius 1 is 0.978 bits per heavy atom. The van der Waals surface area contributed by atoms with Crippen LogP contribution in [0.2, 0.25) is 0 Å². The zero-order valence-electron chi connectivity index (χ0n) is 29.1. The molecule has 0 spiro atoms. The highest BCUT2D eigenvalue weighted by atomic mass is 16.7. The molecule has 4 fully saturated rings. The molecule has 8 heteroatoms. The van der Waals surface area contributed by atoms with Crippen LogP contribution in [-0.2, 0) is 18.9 Å². The summed E-state index contributed by atoms with van der Waals surface area (Å²) in [4.78, 5) is 40.0. The van der Waals surface area contributed by atoms with Gasteiger partial charge in [0.2, 0.25) is 5.91 Å². The minimum Gasteiger partial charge on any atom is -0.404 e. The fourth-order valence-corrected chi connectivity index (χ4v) is 8.05. The molecule has 45 heavy (non-hydrogen) atoms. The monoisotopic (exact) mass is 622 g/mol. The Kier molecular flexibility index (Phi) is 12.4. The molecule has 0 unspecified atom stereocenters. The molecule has 2 bridgehead atoms. The molecule has 1 aliphatic heterocycles. The highest BCUT2D eigenvalue weighted by molar-refractivity contribution is 6.47. The summed E-state index contributed by atoms with van der Waals surface area (Å²) in [6, 6.07) is 7.35. The van der Waals surface area contributed by atoms with Gasteiger partial charge in [0.25, 0.3) is 5.91 Å². The van der Waals surface area contributed by atoms with E-state index in [1.807, 2.05) is 19.1 Å². The predicted molar refractivity (Wildman–Crippen MR) is 181 cm³/mol. The van der Waals surface area contributed by atoms with E-state index in [2.05, 4.69) is 52.2 Å². The van der Waals surface area contributed by atoms with Gasteiger partial charge in [0.1, 0.15) is 5.78 Å². The van der Waals surface area contributed by atoms with Gasteiger partial charge in [0.15, 0.2) is 0 Å². The molecule has 3 saturated carbocycles. The van der Waals surface area contributed by atoms with E-state index in [1.165, 1.54) is 32.1 Å². The predicted octanol–water partition coefficient (Wildman–Crippen LogP) is 7.24. The van der Waals surface area contributed by atoms with Crippen LogP contribution in [0, 0.1) is 36.0 Å². The molecule has 7 nitrogen and oxygen atoms in total. The lowest BCUT2D eigenvalue weighted by molar-refractivity contribution is -0.199. The van der Waals surface area contributed by atoms with Gasteiger partial charge < -0.3 is 19.9 Å². The van der Waals surface area contributed by atoms with Crippen molar-refractivity contribution in [1.82, 2.24) is 10.6 Å². The number of hydrogen-bond acceptors (Lipinski definition) is 5. The summed E-state index contributed by atoms with van der Waals surface area (Å²) in [5.41, 5.74) is 1.48. The average molecular weight is 623 g/mol. The Labute approximate surface area is 272 Å². The van der Waals surface area contributed by atoms with E-state index in [-0.39, 0.29) is 53.6 Å². The van der Waals surface area contributed by atoms with Crippen molar-refractivity contribution in [3.05, 3.63) is 35.4 Å². The number of ketones is 1. The minimum atomic E-state index is -0.669. The molecule has 1 aromatic carbocycles. The first kappa shape index (κ1) is 35.7. The summed E-state index contributed by atoms with van der Waals surface area (Å²) >= 11 is 0. The van der Waals surface area contributed by atoms with Gasteiger partial charge in [-0.15, -0.1) is 0 Å². The molecule has 2 N–H and O–H groups in total. The number of benzene rings is 1. The molecule has 5 rings (SSSR count). The summed E-state index contributed by atoms with van der Waals surface area (Å²) in [5.74, 6) is -0.0231. The van der Waals surface area contributed by atoms with Crippen molar-refractivity contribution >= 4 is 24.7 Å². The van der Waals surface area contributed by atoms with Crippen LogP contribution in [-0.4, -0.2) is 48.9 Å². The Morgan fingerprint density at radius 2 is 1.64 bits per heavy atom. The third-order valence-corrected chi connectivity index (χ3v) is 11.1. The topological polar surface area (TPSA) is 93.7 Å². The first-order valence-electron chi connectivity index (χ1n) is 17.8. The number of unbranched alkanes of at least 4 members (excludes halogenated alkanes) is 6. The first-order chi connectivity index (χ1) is 21.3. The van der Waals surface area contributed by atoms with Crippen molar-refractivity contribution in [1.29, 1.82) is 0 Å².